The Morgan fingerprint density at radius 2 is 1.77 bits per heavy atom. The lowest BCUT2D eigenvalue weighted by molar-refractivity contribution is -0.147. The van der Waals surface area contributed by atoms with Gasteiger partial charge in [0, 0.05) is 11.4 Å². The van der Waals surface area contributed by atoms with Gasteiger partial charge in [-0.05, 0) is 30.7 Å². The van der Waals surface area contributed by atoms with Crippen molar-refractivity contribution in [2.24, 2.45) is 0 Å². The Kier molecular flexibility index (Phi) is 4.84. The van der Waals surface area contributed by atoms with Gasteiger partial charge >= 0.3 is 17.8 Å². The Labute approximate surface area is 173 Å². The first kappa shape index (κ1) is 19.7. The van der Waals surface area contributed by atoms with Crippen LogP contribution in [0.25, 0.3) is 0 Å². The molecule has 0 aliphatic carbocycles. The number of anilines is 1. The molecule has 0 spiro atoms. The van der Waals surface area contributed by atoms with Crippen LogP contribution in [0.15, 0.2) is 24.3 Å². The fraction of sp³-hybridized carbons (Fsp3) is 0.211. The number of thiophene rings is 1. The van der Waals surface area contributed by atoms with Gasteiger partial charge in [0.25, 0.3) is 11.8 Å². The lowest BCUT2D eigenvalue weighted by Gasteiger charge is -2.27. The summed E-state index contributed by atoms with van der Waals surface area (Å²) in [6.45, 7) is 0.370. The molecule has 4 N–H and O–H groups in total. The molecule has 154 valence electrons. The lowest BCUT2D eigenvalue weighted by Crippen LogP contribution is -2.41. The number of fused-ring (bicyclic) bond motifs is 2. The third-order valence-corrected chi connectivity index (χ3v) is 6.26. The molecule has 1 unspecified atom stereocenters. The quantitative estimate of drug-likeness (QED) is 0.414. The molecule has 0 fully saturated rings. The van der Waals surface area contributed by atoms with Crippen LogP contribution in [-0.2, 0) is 16.0 Å². The molecule has 4 rings (SSSR count). The number of nitrogens with one attached hydrogen (secondary N) is 2. The minimum absolute atomic E-state index is 0.0226. The zero-order valence-corrected chi connectivity index (χ0v) is 16.1. The number of imide groups is 1. The third kappa shape index (κ3) is 3.13. The van der Waals surface area contributed by atoms with E-state index in [1.807, 2.05) is 0 Å². The number of aliphatic carboxylic acids is 1. The molecule has 1 aromatic carbocycles. The monoisotopic (exact) mass is 429 g/mol. The van der Waals surface area contributed by atoms with Crippen LogP contribution < -0.4 is 10.6 Å². The predicted molar refractivity (Wildman–Crippen MR) is 104 cm³/mol. The molecule has 10 nitrogen and oxygen atoms in total. The topological polar surface area (TPSA) is 153 Å². The van der Waals surface area contributed by atoms with E-state index in [9.17, 15) is 29.1 Å². The number of carbonyl (C=O) groups is 5. The number of carboxylic acid groups (broad SMARTS) is 2. The fourth-order valence-electron chi connectivity index (χ4n) is 3.68. The van der Waals surface area contributed by atoms with Gasteiger partial charge in [-0.25, -0.2) is 9.59 Å². The molecule has 2 aliphatic rings. The molecule has 11 heteroatoms. The molecule has 2 aromatic rings. The molecule has 2 aliphatic heterocycles. The number of nitrogens with zero attached hydrogens (tertiary/aromatic N) is 1. The molecular formula is C19H15N3O7S. The summed E-state index contributed by atoms with van der Waals surface area (Å²) in [5.41, 5.74) is 0.905. The summed E-state index contributed by atoms with van der Waals surface area (Å²) >= 11 is 0.926. The zero-order chi connectivity index (χ0) is 21.6. The van der Waals surface area contributed by atoms with Gasteiger partial charge < -0.3 is 20.8 Å². The maximum Gasteiger partial charge on any atom is 0.394 e. The molecule has 3 heterocycles. The minimum Gasteiger partial charge on any atom is -0.478 e. The summed E-state index contributed by atoms with van der Waals surface area (Å²) in [6.07, 6.45) is 0.342. The van der Waals surface area contributed by atoms with Crippen LogP contribution in [0.4, 0.5) is 5.00 Å². The van der Waals surface area contributed by atoms with E-state index in [4.69, 9.17) is 5.11 Å². The smallest absolute Gasteiger partial charge is 0.394 e. The Morgan fingerprint density at radius 3 is 2.33 bits per heavy atom. The molecule has 1 atom stereocenters. The average molecular weight is 429 g/mol. The van der Waals surface area contributed by atoms with Crippen LogP contribution in [0.2, 0.25) is 0 Å². The van der Waals surface area contributed by atoms with Crippen molar-refractivity contribution in [2.75, 3.05) is 18.4 Å². The van der Waals surface area contributed by atoms with Crippen LogP contribution in [0, 0.1) is 0 Å². The van der Waals surface area contributed by atoms with Gasteiger partial charge in [0.05, 0.1) is 22.7 Å². The fourth-order valence-corrected chi connectivity index (χ4v) is 4.99. The summed E-state index contributed by atoms with van der Waals surface area (Å²) in [4.78, 5) is 61.2. The van der Waals surface area contributed by atoms with Crippen LogP contribution in [0.5, 0.6) is 0 Å². The Balaban J connectivity index is 1.67. The predicted octanol–water partition coefficient (Wildman–Crippen LogP) is 0.952. The van der Waals surface area contributed by atoms with Crippen molar-refractivity contribution in [3.63, 3.8) is 0 Å². The SMILES string of the molecule is O=C(O)C(=O)Nc1sc2c(c1C(=O)O)CCNC2CN1C(=O)c2ccccc2C1=O. The van der Waals surface area contributed by atoms with E-state index in [1.165, 1.54) is 0 Å². The average Bonchev–Trinajstić information content (AvgIpc) is 3.19. The largest absolute Gasteiger partial charge is 0.478 e. The van der Waals surface area contributed by atoms with Crippen LogP contribution in [0.1, 0.15) is 47.6 Å². The second-order valence-corrected chi connectivity index (χ2v) is 7.79. The number of rotatable bonds is 4. The summed E-state index contributed by atoms with van der Waals surface area (Å²) in [6, 6.07) is 5.93. The van der Waals surface area contributed by atoms with Gasteiger partial charge in [0.15, 0.2) is 0 Å². The van der Waals surface area contributed by atoms with Crippen LogP contribution in [0.3, 0.4) is 0 Å². The Morgan fingerprint density at radius 1 is 1.13 bits per heavy atom. The third-order valence-electron chi connectivity index (χ3n) is 5.00. The highest BCUT2D eigenvalue weighted by atomic mass is 32.1. The molecule has 0 bridgehead atoms. The summed E-state index contributed by atoms with van der Waals surface area (Å²) < 4.78 is 0. The molecule has 0 saturated carbocycles. The van der Waals surface area contributed by atoms with Crippen molar-refractivity contribution in [1.29, 1.82) is 0 Å². The number of benzene rings is 1. The molecule has 3 amide bonds. The van der Waals surface area contributed by atoms with E-state index >= 15 is 0 Å². The van der Waals surface area contributed by atoms with Gasteiger partial charge in [0.1, 0.15) is 5.00 Å². The van der Waals surface area contributed by atoms with Gasteiger partial charge in [-0.15, -0.1) is 11.3 Å². The van der Waals surface area contributed by atoms with Gasteiger partial charge in [-0.1, -0.05) is 12.1 Å². The maximum atomic E-state index is 12.7. The number of carboxylic acids is 2. The van der Waals surface area contributed by atoms with E-state index in [-0.39, 0.29) is 17.1 Å². The Bertz CT molecular complexity index is 1090. The second kappa shape index (κ2) is 7.35. The van der Waals surface area contributed by atoms with E-state index in [1.54, 1.807) is 24.3 Å². The number of hydrogen-bond acceptors (Lipinski definition) is 7. The zero-order valence-electron chi connectivity index (χ0n) is 15.3. The molecule has 0 radical (unpaired) electrons. The van der Waals surface area contributed by atoms with E-state index in [0.29, 0.717) is 34.5 Å². The van der Waals surface area contributed by atoms with E-state index < -0.39 is 35.7 Å². The Hall–Kier alpha value is -3.57. The first-order chi connectivity index (χ1) is 14.3. The first-order valence-corrected chi connectivity index (χ1v) is 9.73. The molecule has 1 aromatic heterocycles. The molecular weight excluding hydrogens is 414 g/mol. The van der Waals surface area contributed by atoms with E-state index in [0.717, 1.165) is 16.2 Å². The number of amides is 3. The minimum atomic E-state index is -1.74. The normalized spacial score (nSPS) is 17.5. The lowest BCUT2D eigenvalue weighted by atomic mass is 9.99. The molecule has 0 saturated heterocycles. The van der Waals surface area contributed by atoms with Gasteiger partial charge in [-0.3, -0.25) is 19.3 Å². The van der Waals surface area contributed by atoms with Crippen molar-refractivity contribution >= 4 is 46.0 Å². The van der Waals surface area contributed by atoms with Crippen molar-refractivity contribution in [1.82, 2.24) is 10.2 Å². The number of hydrogen-bond donors (Lipinski definition) is 4. The highest BCUT2D eigenvalue weighted by molar-refractivity contribution is 7.17. The van der Waals surface area contributed by atoms with Crippen molar-refractivity contribution in [2.45, 2.75) is 12.5 Å². The summed E-state index contributed by atoms with van der Waals surface area (Å²) in [5.74, 6) is -5.24. The highest BCUT2D eigenvalue weighted by Crippen LogP contribution is 2.40. The highest BCUT2D eigenvalue weighted by Gasteiger charge is 2.39. The molecule has 30 heavy (non-hydrogen) atoms. The van der Waals surface area contributed by atoms with Crippen molar-refractivity contribution < 1.29 is 34.2 Å². The van der Waals surface area contributed by atoms with Crippen LogP contribution >= 0.6 is 11.3 Å². The van der Waals surface area contributed by atoms with Crippen LogP contribution in [-0.4, -0.2) is 57.9 Å². The first-order valence-electron chi connectivity index (χ1n) is 8.91. The number of aromatic carboxylic acids is 1. The maximum absolute atomic E-state index is 12.7. The summed E-state index contributed by atoms with van der Waals surface area (Å²) in [7, 11) is 0. The van der Waals surface area contributed by atoms with Crippen molar-refractivity contribution in [3.05, 3.63) is 51.4 Å². The second-order valence-electron chi connectivity index (χ2n) is 6.74. The van der Waals surface area contributed by atoms with Gasteiger partial charge in [-0.2, -0.15) is 0 Å². The standard InChI is InChI=1S/C19H15N3O7S/c23-14(19(28)29)21-15-12(18(26)27)10-5-6-20-11(13(10)30-15)7-22-16(24)8-3-1-2-4-9(8)17(22)25/h1-4,11,20H,5-7H2,(H,21,23)(H,26,27)(H,28,29). The van der Waals surface area contributed by atoms with Gasteiger partial charge in [0.2, 0.25) is 0 Å². The summed E-state index contributed by atoms with van der Waals surface area (Å²) in [5, 5.41) is 23.6. The van der Waals surface area contributed by atoms with E-state index in [2.05, 4.69) is 10.6 Å². The number of carbonyl (C=O) groups excluding carboxylic acids is 3. The van der Waals surface area contributed by atoms with Crippen molar-refractivity contribution in [3.8, 4) is 0 Å².